The Balaban J connectivity index is 1.60. The molecule has 1 aliphatic heterocycles. The summed E-state index contributed by atoms with van der Waals surface area (Å²) in [5, 5.41) is 0. The zero-order valence-electron chi connectivity index (χ0n) is 23.0. The van der Waals surface area contributed by atoms with Gasteiger partial charge in [0.2, 0.25) is 5.41 Å². The number of esters is 3. The highest BCUT2D eigenvalue weighted by atomic mass is 28.3. The summed E-state index contributed by atoms with van der Waals surface area (Å²) in [7, 11) is 1.29. The van der Waals surface area contributed by atoms with Gasteiger partial charge in [-0.05, 0) is 35.9 Å². The monoisotopic (exact) mass is 556 g/mol. The van der Waals surface area contributed by atoms with E-state index in [1.165, 1.54) is 7.11 Å². The first-order valence-electron chi connectivity index (χ1n) is 13.0. The molecule has 0 aromatic heterocycles. The van der Waals surface area contributed by atoms with Crippen molar-refractivity contribution < 1.29 is 42.8 Å². The number of fused-ring (bicyclic) bond motifs is 1. The summed E-state index contributed by atoms with van der Waals surface area (Å²) in [5.74, 6) is -1.37. The average Bonchev–Trinajstić information content (AvgIpc) is 3.73. The maximum Gasteiger partial charge on any atom is 0.338 e. The quantitative estimate of drug-likeness (QED) is 0.133. The van der Waals surface area contributed by atoms with Gasteiger partial charge in [-0.25, -0.2) is 4.79 Å². The van der Waals surface area contributed by atoms with E-state index in [2.05, 4.69) is 19.6 Å². The molecule has 39 heavy (non-hydrogen) atoms. The Morgan fingerprint density at radius 3 is 2.28 bits per heavy atom. The van der Waals surface area contributed by atoms with Crippen LogP contribution in [-0.4, -0.2) is 71.2 Å². The molecule has 0 spiro atoms. The third kappa shape index (κ3) is 6.34. The standard InChI is InChI=1S/C29H36O9Si/c1-33-21-13-11-19(12-14-21)18-36-23-17-22(37-26(30)20-9-7-6-8-10-20)24-25(38-24)29(23,27(31)34-2)28(32)35-15-16-39(3,4)5/h6-14,22-25H,15-18H2,1-5H3/t22-,23+,24+,25+,29-/m1/s1. The van der Waals surface area contributed by atoms with Crippen molar-refractivity contribution in [2.45, 2.75) is 63.1 Å². The molecule has 0 amide bonds. The lowest BCUT2D eigenvalue weighted by Crippen LogP contribution is -2.60. The fourth-order valence-corrected chi connectivity index (χ4v) is 5.53. The molecule has 10 heteroatoms. The van der Waals surface area contributed by atoms with Gasteiger partial charge in [-0.2, -0.15) is 0 Å². The molecular formula is C29H36O9Si. The van der Waals surface area contributed by atoms with Crippen LogP contribution >= 0.6 is 0 Å². The molecule has 2 aliphatic rings. The van der Waals surface area contributed by atoms with Gasteiger partial charge in [0, 0.05) is 14.5 Å². The van der Waals surface area contributed by atoms with E-state index in [-0.39, 0.29) is 19.6 Å². The van der Waals surface area contributed by atoms with E-state index >= 15 is 0 Å². The average molecular weight is 557 g/mol. The number of benzene rings is 2. The molecular weight excluding hydrogens is 520 g/mol. The van der Waals surface area contributed by atoms with Gasteiger partial charge < -0.3 is 28.4 Å². The van der Waals surface area contributed by atoms with Crippen molar-refractivity contribution >= 4 is 26.0 Å². The summed E-state index contributed by atoms with van der Waals surface area (Å²) in [4.78, 5) is 39.9. The normalized spacial score (nSPS) is 25.7. The van der Waals surface area contributed by atoms with E-state index in [9.17, 15) is 14.4 Å². The second-order valence-electron chi connectivity index (χ2n) is 11.0. The highest BCUT2D eigenvalue weighted by molar-refractivity contribution is 6.76. The first kappa shape index (κ1) is 28.8. The van der Waals surface area contributed by atoms with Crippen LogP contribution in [0.1, 0.15) is 22.3 Å². The van der Waals surface area contributed by atoms with Gasteiger partial charge in [-0.1, -0.05) is 50.0 Å². The maximum atomic E-state index is 13.7. The van der Waals surface area contributed by atoms with Crippen molar-refractivity contribution in [2.24, 2.45) is 5.41 Å². The Labute approximate surface area is 229 Å². The molecule has 5 atom stereocenters. The van der Waals surface area contributed by atoms with E-state index in [1.54, 1.807) is 49.6 Å². The van der Waals surface area contributed by atoms with Crippen molar-refractivity contribution in [2.75, 3.05) is 20.8 Å². The number of carbonyl (C=O) groups excluding carboxylic acids is 3. The Morgan fingerprint density at radius 1 is 0.974 bits per heavy atom. The molecule has 4 rings (SSSR count). The Hall–Kier alpha value is -3.21. The minimum Gasteiger partial charge on any atom is -0.497 e. The van der Waals surface area contributed by atoms with Crippen molar-refractivity contribution in [1.29, 1.82) is 0 Å². The second kappa shape index (κ2) is 11.9. The highest BCUT2D eigenvalue weighted by Gasteiger charge is 2.75. The number of epoxide rings is 1. The predicted octanol–water partition coefficient (Wildman–Crippen LogP) is 4.02. The van der Waals surface area contributed by atoms with Gasteiger partial charge in [-0.15, -0.1) is 0 Å². The molecule has 0 unspecified atom stereocenters. The van der Waals surface area contributed by atoms with Crippen LogP contribution in [0.15, 0.2) is 54.6 Å². The van der Waals surface area contributed by atoms with Gasteiger partial charge in [0.25, 0.3) is 0 Å². The molecule has 0 bridgehead atoms. The van der Waals surface area contributed by atoms with Crippen molar-refractivity contribution in [3.05, 3.63) is 65.7 Å². The molecule has 9 nitrogen and oxygen atoms in total. The molecule has 2 aromatic rings. The minimum absolute atomic E-state index is 0.0497. The summed E-state index contributed by atoms with van der Waals surface area (Å²) >= 11 is 0. The lowest BCUT2D eigenvalue weighted by molar-refractivity contribution is -0.190. The van der Waals surface area contributed by atoms with Crippen LogP contribution in [0.5, 0.6) is 5.75 Å². The van der Waals surface area contributed by atoms with E-state index in [4.69, 9.17) is 28.4 Å². The minimum atomic E-state index is -1.85. The molecule has 2 aromatic carbocycles. The summed E-state index contributed by atoms with van der Waals surface area (Å²) in [6.07, 6.45) is -3.27. The van der Waals surface area contributed by atoms with Crippen LogP contribution in [0.4, 0.5) is 0 Å². The van der Waals surface area contributed by atoms with E-state index < -0.39 is 55.8 Å². The number of ether oxygens (including phenoxy) is 6. The van der Waals surface area contributed by atoms with Crippen LogP contribution in [0.3, 0.4) is 0 Å². The lowest BCUT2D eigenvalue weighted by Gasteiger charge is -2.39. The Kier molecular flexibility index (Phi) is 8.78. The maximum absolute atomic E-state index is 13.7. The van der Waals surface area contributed by atoms with Crippen molar-refractivity contribution in [3.63, 3.8) is 0 Å². The first-order chi connectivity index (χ1) is 18.6. The molecule has 1 saturated carbocycles. The number of methoxy groups -OCH3 is 2. The van der Waals surface area contributed by atoms with Gasteiger partial charge in [0.05, 0.1) is 39.1 Å². The molecule has 0 radical (unpaired) electrons. The fourth-order valence-electron chi connectivity index (χ4n) is 4.82. The Morgan fingerprint density at radius 2 is 1.67 bits per heavy atom. The second-order valence-corrected chi connectivity index (χ2v) is 16.6. The summed E-state index contributed by atoms with van der Waals surface area (Å²) in [5.41, 5.74) is -0.652. The summed E-state index contributed by atoms with van der Waals surface area (Å²) < 4.78 is 34.0. The van der Waals surface area contributed by atoms with Gasteiger partial charge in [-0.3, -0.25) is 9.59 Å². The lowest BCUT2D eigenvalue weighted by atomic mass is 9.70. The molecule has 2 fully saturated rings. The third-order valence-corrected chi connectivity index (χ3v) is 8.82. The molecule has 1 heterocycles. The third-order valence-electron chi connectivity index (χ3n) is 7.12. The zero-order chi connectivity index (χ0) is 28.2. The van der Waals surface area contributed by atoms with E-state index in [0.29, 0.717) is 11.3 Å². The smallest absolute Gasteiger partial charge is 0.338 e. The van der Waals surface area contributed by atoms with Gasteiger partial charge >= 0.3 is 17.9 Å². The van der Waals surface area contributed by atoms with Crippen LogP contribution in [-0.2, 0) is 39.9 Å². The zero-order valence-corrected chi connectivity index (χ0v) is 24.0. The van der Waals surface area contributed by atoms with E-state index in [0.717, 1.165) is 11.6 Å². The first-order valence-corrected chi connectivity index (χ1v) is 16.7. The number of hydrogen-bond acceptors (Lipinski definition) is 9. The largest absolute Gasteiger partial charge is 0.497 e. The fraction of sp³-hybridized carbons (Fsp3) is 0.483. The Bertz CT molecular complexity index is 1160. The van der Waals surface area contributed by atoms with Crippen LogP contribution in [0.2, 0.25) is 25.7 Å². The summed E-state index contributed by atoms with van der Waals surface area (Å²) in [6.45, 7) is 6.78. The SMILES string of the molecule is COC(=O)[C@@]1(C(=O)OCC[Si](C)(C)C)[C@@H](OCc2ccc(OC)cc2)C[C@@H](OC(=O)c2ccccc2)[C@@H]2O[C@@H]21. The van der Waals surface area contributed by atoms with Gasteiger partial charge in [0.1, 0.15) is 24.1 Å². The molecule has 1 saturated heterocycles. The predicted molar refractivity (Wildman–Crippen MR) is 144 cm³/mol. The topological polar surface area (TPSA) is 110 Å². The van der Waals surface area contributed by atoms with E-state index in [1.807, 2.05) is 12.1 Å². The van der Waals surface area contributed by atoms with Crippen molar-refractivity contribution in [3.8, 4) is 5.75 Å². The van der Waals surface area contributed by atoms with Crippen molar-refractivity contribution in [1.82, 2.24) is 0 Å². The van der Waals surface area contributed by atoms with Crippen LogP contribution < -0.4 is 4.74 Å². The molecule has 0 N–H and O–H groups in total. The number of rotatable bonds is 11. The van der Waals surface area contributed by atoms with Crippen LogP contribution in [0, 0.1) is 5.41 Å². The van der Waals surface area contributed by atoms with Crippen LogP contribution in [0.25, 0.3) is 0 Å². The summed E-state index contributed by atoms with van der Waals surface area (Å²) in [6, 6.07) is 16.6. The number of hydrogen-bond donors (Lipinski definition) is 0. The number of carbonyl (C=O) groups is 3. The highest BCUT2D eigenvalue weighted by Crippen LogP contribution is 2.53. The van der Waals surface area contributed by atoms with Gasteiger partial charge in [0.15, 0.2) is 0 Å². The molecule has 1 aliphatic carbocycles. The molecule has 210 valence electrons.